The van der Waals surface area contributed by atoms with Crippen LogP contribution < -0.4 is 15.9 Å². The van der Waals surface area contributed by atoms with Gasteiger partial charge in [0.15, 0.2) is 10.7 Å². The van der Waals surface area contributed by atoms with Crippen LogP contribution in [0.1, 0.15) is 37.6 Å². The molecular weight excluding hydrogens is 566 g/mol. The minimum absolute atomic E-state index is 0.0297. The maximum absolute atomic E-state index is 16.1. The molecule has 1 amide bonds. The van der Waals surface area contributed by atoms with Gasteiger partial charge in [-0.1, -0.05) is 0 Å². The van der Waals surface area contributed by atoms with Crippen LogP contribution in [-0.4, -0.2) is 38.5 Å². The van der Waals surface area contributed by atoms with E-state index in [0.717, 1.165) is 18.3 Å². The lowest BCUT2D eigenvalue weighted by Crippen LogP contribution is -2.59. The number of aliphatic hydroxyl groups is 1. The molecule has 1 heterocycles. The summed E-state index contributed by atoms with van der Waals surface area (Å²) in [5.74, 6) is -6.67. The summed E-state index contributed by atoms with van der Waals surface area (Å²) in [6, 6.07) is 11.5. The molecule has 2 aromatic carbocycles. The Bertz CT molecular complexity index is 1460. The Morgan fingerprint density at radius 3 is 2.27 bits per heavy atom. The number of amides is 1. The Balaban J connectivity index is 2.01. The first-order valence-corrected chi connectivity index (χ1v) is 12.2. The normalized spacial score (nSPS) is 13.0. The number of ether oxygens (including phenoxy) is 2. The molecule has 0 spiro atoms. The summed E-state index contributed by atoms with van der Waals surface area (Å²) in [6.07, 6.45) is -0.217. The van der Waals surface area contributed by atoms with Gasteiger partial charge in [0, 0.05) is 11.6 Å². The Morgan fingerprint density at radius 1 is 1.12 bits per heavy atom. The largest absolute Gasteiger partial charge is 0.456 e. The molecule has 1 unspecified atom stereocenters. The van der Waals surface area contributed by atoms with Crippen LogP contribution in [0.3, 0.4) is 0 Å². The molecule has 0 aliphatic carbocycles. The average Bonchev–Trinajstić information content (AvgIpc) is 2.87. The molecule has 0 radical (unpaired) electrons. The highest BCUT2D eigenvalue weighted by Crippen LogP contribution is 2.46. The maximum atomic E-state index is 16.1. The first-order chi connectivity index (χ1) is 19.1. The highest BCUT2D eigenvalue weighted by atomic mass is 32.1. The number of thiocarbonyl (C=S) groups is 1. The van der Waals surface area contributed by atoms with Crippen molar-refractivity contribution in [1.82, 2.24) is 15.4 Å². The van der Waals surface area contributed by atoms with Gasteiger partial charge in [-0.2, -0.15) is 14.0 Å². The smallest absolute Gasteiger partial charge is 0.426 e. The molecule has 0 aliphatic rings. The van der Waals surface area contributed by atoms with Crippen molar-refractivity contribution >= 4 is 23.4 Å². The van der Waals surface area contributed by atoms with Gasteiger partial charge in [-0.3, -0.25) is 9.99 Å². The van der Waals surface area contributed by atoms with E-state index in [2.05, 4.69) is 10.4 Å². The van der Waals surface area contributed by atoms with Crippen LogP contribution >= 0.6 is 12.2 Å². The van der Waals surface area contributed by atoms with Crippen molar-refractivity contribution in [2.24, 2.45) is 5.73 Å². The highest BCUT2D eigenvalue weighted by Gasteiger charge is 2.58. The third-order valence-electron chi connectivity index (χ3n) is 5.45. The lowest BCUT2D eigenvalue weighted by molar-refractivity contribution is -0.205. The molecule has 3 rings (SSSR count). The number of nitrogens with one attached hydrogen (secondary N) is 1. The van der Waals surface area contributed by atoms with Crippen LogP contribution in [0.2, 0.25) is 0 Å². The number of alkyl halides is 2. The van der Waals surface area contributed by atoms with Gasteiger partial charge in [-0.25, -0.2) is 19.0 Å². The summed E-state index contributed by atoms with van der Waals surface area (Å²) in [7, 11) is 0. The van der Waals surface area contributed by atoms with E-state index < -0.39 is 57.8 Å². The number of nitriles is 1. The van der Waals surface area contributed by atoms with Gasteiger partial charge in [0.1, 0.15) is 34.4 Å². The molecule has 0 saturated heterocycles. The molecule has 1 atom stereocenters. The molecule has 0 aliphatic heterocycles. The van der Waals surface area contributed by atoms with Crippen molar-refractivity contribution in [2.75, 3.05) is 6.54 Å². The van der Waals surface area contributed by atoms with Gasteiger partial charge in [-0.05, 0) is 81.5 Å². The van der Waals surface area contributed by atoms with E-state index in [9.17, 15) is 18.7 Å². The number of carbonyl (C=O) groups is 1. The molecule has 1 aromatic heterocycles. The molecule has 0 fully saturated rings. The number of pyridine rings is 1. The summed E-state index contributed by atoms with van der Waals surface area (Å²) in [4.78, 5) is 16.0. The van der Waals surface area contributed by atoms with Crippen LogP contribution in [0.25, 0.3) is 0 Å². The fraction of sp³-hybridized carbons (Fsp3) is 0.259. The predicted molar refractivity (Wildman–Crippen MR) is 142 cm³/mol. The topological polar surface area (TPSA) is 134 Å². The molecule has 9 nitrogen and oxygen atoms in total. The third-order valence-corrected chi connectivity index (χ3v) is 5.67. The standard InChI is InChI=1S/C27H25F4N5O4S/c1-25(2,3)40-24(37)35-36(23(33)41)15-26(38,20-10-6-17(28)12-21(20)29)27(30,31)22-11-9-19(14-34-22)39-18-7-4-16(13-32)5-8-18/h4-12,14,38H,15H2,1-3H3,(H2,33,41)(H,35,37). The van der Waals surface area contributed by atoms with Crippen LogP contribution in [0.15, 0.2) is 60.8 Å². The zero-order chi connectivity index (χ0) is 30.6. The van der Waals surface area contributed by atoms with E-state index in [1.807, 2.05) is 6.07 Å². The summed E-state index contributed by atoms with van der Waals surface area (Å²) in [5.41, 5.74) is 1.47. The SMILES string of the molecule is CC(C)(C)OC(=O)NN(CC(O)(c1ccc(F)cc1F)C(F)(F)c1ccc(Oc2ccc(C#N)cc2)cn1)C(N)=S. The Hall–Kier alpha value is -4.48. The Labute approximate surface area is 238 Å². The van der Waals surface area contributed by atoms with Crippen LogP contribution in [0.4, 0.5) is 22.4 Å². The van der Waals surface area contributed by atoms with Crippen LogP contribution in [0, 0.1) is 23.0 Å². The summed E-state index contributed by atoms with van der Waals surface area (Å²) < 4.78 is 71.5. The summed E-state index contributed by atoms with van der Waals surface area (Å²) in [6.45, 7) is 3.31. The van der Waals surface area contributed by atoms with Crippen molar-refractivity contribution in [1.29, 1.82) is 5.26 Å². The second-order valence-electron chi connectivity index (χ2n) is 9.71. The van der Waals surface area contributed by atoms with Gasteiger partial charge in [-0.15, -0.1) is 0 Å². The zero-order valence-corrected chi connectivity index (χ0v) is 22.8. The zero-order valence-electron chi connectivity index (χ0n) is 22.0. The van der Waals surface area contributed by atoms with Crippen molar-refractivity contribution in [2.45, 2.75) is 37.9 Å². The maximum Gasteiger partial charge on any atom is 0.426 e. The van der Waals surface area contributed by atoms with E-state index in [-0.39, 0.29) is 11.5 Å². The monoisotopic (exact) mass is 591 g/mol. The summed E-state index contributed by atoms with van der Waals surface area (Å²) in [5, 5.41) is 20.2. The number of hydrogen-bond acceptors (Lipinski definition) is 7. The lowest BCUT2D eigenvalue weighted by atomic mass is 9.84. The third kappa shape index (κ3) is 7.38. The second kappa shape index (κ2) is 11.9. The molecule has 216 valence electrons. The van der Waals surface area contributed by atoms with E-state index in [0.29, 0.717) is 28.8 Å². The predicted octanol–water partition coefficient (Wildman–Crippen LogP) is 4.99. The Kier molecular flexibility index (Phi) is 9.05. The van der Waals surface area contributed by atoms with E-state index in [1.54, 1.807) is 0 Å². The lowest BCUT2D eigenvalue weighted by Gasteiger charge is -2.39. The fourth-order valence-electron chi connectivity index (χ4n) is 3.56. The number of hydrogen-bond donors (Lipinski definition) is 3. The molecular formula is C27H25F4N5O4S. The quantitative estimate of drug-likeness (QED) is 0.197. The van der Waals surface area contributed by atoms with Crippen molar-refractivity contribution < 1.29 is 36.9 Å². The molecule has 14 heteroatoms. The van der Waals surface area contributed by atoms with Crippen molar-refractivity contribution in [3.8, 4) is 17.6 Å². The number of carbonyl (C=O) groups excluding carboxylic acids is 1. The molecule has 41 heavy (non-hydrogen) atoms. The number of nitrogens with two attached hydrogens (primary N) is 1. The first-order valence-electron chi connectivity index (χ1n) is 11.8. The Morgan fingerprint density at radius 2 is 1.76 bits per heavy atom. The number of hydrazine groups is 1. The number of benzene rings is 2. The van der Waals surface area contributed by atoms with Crippen molar-refractivity contribution in [3.05, 3.63) is 89.2 Å². The second-order valence-corrected chi connectivity index (χ2v) is 10.1. The highest BCUT2D eigenvalue weighted by molar-refractivity contribution is 7.80. The van der Waals surface area contributed by atoms with E-state index in [1.165, 1.54) is 45.0 Å². The average molecular weight is 592 g/mol. The minimum Gasteiger partial charge on any atom is -0.456 e. The number of rotatable bonds is 7. The van der Waals surface area contributed by atoms with Gasteiger partial charge in [0.25, 0.3) is 0 Å². The van der Waals surface area contributed by atoms with E-state index >= 15 is 8.78 Å². The molecule has 0 saturated carbocycles. The van der Waals surface area contributed by atoms with Gasteiger partial charge >= 0.3 is 12.0 Å². The van der Waals surface area contributed by atoms with Gasteiger partial charge < -0.3 is 20.3 Å². The van der Waals surface area contributed by atoms with Gasteiger partial charge in [0.05, 0.1) is 24.4 Å². The summed E-state index contributed by atoms with van der Waals surface area (Å²) >= 11 is 4.86. The fourth-order valence-corrected chi connectivity index (χ4v) is 3.67. The molecule has 4 N–H and O–H groups in total. The first kappa shape index (κ1) is 31.1. The van der Waals surface area contributed by atoms with Crippen LogP contribution in [-0.2, 0) is 16.3 Å². The van der Waals surface area contributed by atoms with E-state index in [4.69, 9.17) is 32.7 Å². The number of aromatic nitrogens is 1. The number of halogens is 4. The van der Waals surface area contributed by atoms with Crippen LogP contribution in [0.5, 0.6) is 11.5 Å². The van der Waals surface area contributed by atoms with Crippen molar-refractivity contribution in [3.63, 3.8) is 0 Å². The molecule has 0 bridgehead atoms. The molecule has 3 aromatic rings. The number of nitrogens with zero attached hydrogens (tertiary/aromatic N) is 3. The minimum atomic E-state index is -4.39. The van der Waals surface area contributed by atoms with Gasteiger partial charge in [0.2, 0.25) is 0 Å².